The van der Waals surface area contributed by atoms with Crippen LogP contribution in [0.15, 0.2) is 47.1 Å². The lowest BCUT2D eigenvalue weighted by atomic mass is 10.1. The number of carbonyl (C=O) groups excluding carboxylic acids is 2. The molecule has 162 valence electrons. The van der Waals surface area contributed by atoms with E-state index in [9.17, 15) is 9.59 Å². The largest absolute Gasteiger partial charge is 0.497 e. The van der Waals surface area contributed by atoms with Crippen molar-refractivity contribution in [1.82, 2.24) is 15.5 Å². The first-order chi connectivity index (χ1) is 14.6. The summed E-state index contributed by atoms with van der Waals surface area (Å²) in [5, 5.41) is 5.35. The predicted octanol–water partition coefficient (Wildman–Crippen LogP) is 1.79. The van der Waals surface area contributed by atoms with Crippen molar-refractivity contribution in [2.24, 2.45) is 0 Å². The number of anilines is 1. The highest BCUT2D eigenvalue weighted by atomic mass is 16.5. The zero-order chi connectivity index (χ0) is 21.3. The molecule has 30 heavy (non-hydrogen) atoms. The zero-order valence-electron chi connectivity index (χ0n) is 17.6. The summed E-state index contributed by atoms with van der Waals surface area (Å²) in [6.45, 7) is 6.08. The SMILES string of the molecule is CCCNC(=O)C(=O)NC[C@@H](c1ccco1)N1CCN(c2ccc(OC)cc2)CC1. The molecule has 1 aliphatic heterocycles. The fourth-order valence-corrected chi connectivity index (χ4v) is 3.56. The van der Waals surface area contributed by atoms with E-state index in [1.165, 1.54) is 0 Å². The molecule has 2 amide bonds. The highest BCUT2D eigenvalue weighted by Gasteiger charge is 2.28. The van der Waals surface area contributed by atoms with Crippen LogP contribution < -0.4 is 20.3 Å². The van der Waals surface area contributed by atoms with Crippen molar-refractivity contribution in [3.63, 3.8) is 0 Å². The Morgan fingerprint density at radius 1 is 1.07 bits per heavy atom. The Hall–Kier alpha value is -3.00. The van der Waals surface area contributed by atoms with Crippen molar-refractivity contribution < 1.29 is 18.7 Å². The number of amides is 2. The third-order valence-corrected chi connectivity index (χ3v) is 5.26. The van der Waals surface area contributed by atoms with Crippen LogP contribution >= 0.6 is 0 Å². The van der Waals surface area contributed by atoms with Crippen LogP contribution in [-0.2, 0) is 9.59 Å². The standard InChI is InChI=1S/C22H30N4O4/c1-3-10-23-21(27)22(28)24-16-19(20-5-4-15-30-20)26-13-11-25(12-14-26)17-6-8-18(29-2)9-7-17/h4-9,15,19H,3,10-14,16H2,1-2H3,(H,23,27)(H,24,28)/t19-/m0/s1. The van der Waals surface area contributed by atoms with Gasteiger partial charge in [-0.15, -0.1) is 0 Å². The molecule has 8 heteroatoms. The van der Waals surface area contributed by atoms with Crippen molar-refractivity contribution in [1.29, 1.82) is 0 Å². The van der Waals surface area contributed by atoms with E-state index in [2.05, 4.69) is 32.6 Å². The smallest absolute Gasteiger partial charge is 0.309 e. The normalized spacial score (nSPS) is 15.5. The quantitative estimate of drug-likeness (QED) is 0.641. The van der Waals surface area contributed by atoms with Crippen molar-refractivity contribution in [3.8, 4) is 5.75 Å². The predicted molar refractivity (Wildman–Crippen MR) is 115 cm³/mol. The number of piperazine rings is 1. The molecule has 0 aliphatic carbocycles. The van der Waals surface area contributed by atoms with Crippen LogP contribution in [0, 0.1) is 0 Å². The van der Waals surface area contributed by atoms with Crippen molar-refractivity contribution >= 4 is 17.5 Å². The summed E-state index contributed by atoms with van der Waals surface area (Å²) in [5.41, 5.74) is 1.16. The molecule has 1 aromatic carbocycles. The van der Waals surface area contributed by atoms with Gasteiger partial charge >= 0.3 is 11.8 Å². The van der Waals surface area contributed by atoms with E-state index < -0.39 is 11.8 Å². The topological polar surface area (TPSA) is 87.0 Å². The number of rotatable bonds is 8. The van der Waals surface area contributed by atoms with Gasteiger partial charge in [0.2, 0.25) is 0 Å². The van der Waals surface area contributed by atoms with Crippen LogP contribution in [0.2, 0.25) is 0 Å². The maximum Gasteiger partial charge on any atom is 0.309 e. The van der Waals surface area contributed by atoms with Gasteiger partial charge in [0.15, 0.2) is 0 Å². The van der Waals surface area contributed by atoms with Crippen LogP contribution in [0.1, 0.15) is 25.1 Å². The molecule has 1 atom stereocenters. The number of benzene rings is 1. The van der Waals surface area contributed by atoms with Gasteiger partial charge < -0.3 is 24.7 Å². The second-order valence-corrected chi connectivity index (χ2v) is 7.22. The fourth-order valence-electron chi connectivity index (χ4n) is 3.56. The summed E-state index contributed by atoms with van der Waals surface area (Å²) in [6, 6.07) is 11.7. The van der Waals surface area contributed by atoms with Gasteiger partial charge in [-0.25, -0.2) is 0 Å². The summed E-state index contributed by atoms with van der Waals surface area (Å²) in [4.78, 5) is 28.6. The van der Waals surface area contributed by atoms with Gasteiger partial charge in [-0.1, -0.05) is 6.92 Å². The first-order valence-electron chi connectivity index (χ1n) is 10.3. The number of methoxy groups -OCH3 is 1. The van der Waals surface area contributed by atoms with E-state index in [-0.39, 0.29) is 6.04 Å². The Labute approximate surface area is 177 Å². The summed E-state index contributed by atoms with van der Waals surface area (Å²) >= 11 is 0. The van der Waals surface area contributed by atoms with Crippen molar-refractivity contribution in [3.05, 3.63) is 48.4 Å². The zero-order valence-corrected chi connectivity index (χ0v) is 17.6. The van der Waals surface area contributed by atoms with Gasteiger partial charge in [0.1, 0.15) is 11.5 Å². The number of nitrogens with one attached hydrogen (secondary N) is 2. The first-order valence-corrected chi connectivity index (χ1v) is 10.3. The number of nitrogens with zero attached hydrogens (tertiary/aromatic N) is 2. The Morgan fingerprint density at radius 3 is 2.37 bits per heavy atom. The van der Waals surface area contributed by atoms with E-state index in [0.717, 1.165) is 49.8 Å². The lowest BCUT2D eigenvalue weighted by molar-refractivity contribution is -0.139. The van der Waals surface area contributed by atoms with Crippen LogP contribution in [0.4, 0.5) is 5.69 Å². The molecule has 8 nitrogen and oxygen atoms in total. The maximum atomic E-state index is 12.1. The molecule has 0 radical (unpaired) electrons. The van der Waals surface area contributed by atoms with Gasteiger partial charge in [-0.05, 0) is 42.8 Å². The molecule has 1 fully saturated rings. The van der Waals surface area contributed by atoms with Gasteiger partial charge in [-0.2, -0.15) is 0 Å². The van der Waals surface area contributed by atoms with E-state index in [4.69, 9.17) is 9.15 Å². The summed E-state index contributed by atoms with van der Waals surface area (Å²) in [7, 11) is 1.66. The molecule has 1 aliphatic rings. The highest BCUT2D eigenvalue weighted by Crippen LogP contribution is 2.25. The van der Waals surface area contributed by atoms with Crippen LogP contribution in [0.25, 0.3) is 0 Å². The Kier molecular flexibility index (Phi) is 7.73. The third kappa shape index (κ3) is 5.54. The average Bonchev–Trinajstić information content (AvgIpc) is 3.32. The van der Waals surface area contributed by atoms with E-state index in [1.54, 1.807) is 13.4 Å². The molecule has 0 saturated carbocycles. The number of hydrogen-bond acceptors (Lipinski definition) is 6. The van der Waals surface area contributed by atoms with Crippen LogP contribution in [0.5, 0.6) is 5.75 Å². The Bertz CT molecular complexity index is 799. The highest BCUT2D eigenvalue weighted by molar-refractivity contribution is 6.35. The van der Waals surface area contributed by atoms with Crippen LogP contribution in [0.3, 0.4) is 0 Å². The summed E-state index contributed by atoms with van der Waals surface area (Å²) < 4.78 is 10.9. The number of ether oxygens (including phenoxy) is 1. The monoisotopic (exact) mass is 414 g/mol. The number of carbonyl (C=O) groups is 2. The molecule has 3 rings (SSSR count). The second kappa shape index (κ2) is 10.7. The maximum absolute atomic E-state index is 12.1. The van der Waals surface area contributed by atoms with Gasteiger partial charge in [0, 0.05) is 45.0 Å². The van der Waals surface area contributed by atoms with E-state index in [1.807, 2.05) is 31.2 Å². The van der Waals surface area contributed by atoms with Crippen molar-refractivity contribution in [2.45, 2.75) is 19.4 Å². The summed E-state index contributed by atoms with van der Waals surface area (Å²) in [5.74, 6) is 0.410. The Balaban J connectivity index is 1.58. The first kappa shape index (κ1) is 21.7. The molecule has 0 bridgehead atoms. The fraction of sp³-hybridized carbons (Fsp3) is 0.455. The summed E-state index contributed by atoms with van der Waals surface area (Å²) in [6.07, 6.45) is 2.41. The third-order valence-electron chi connectivity index (χ3n) is 5.26. The number of furan rings is 1. The second-order valence-electron chi connectivity index (χ2n) is 7.22. The minimum atomic E-state index is -0.614. The molecule has 2 aromatic rings. The lowest BCUT2D eigenvalue weighted by Crippen LogP contribution is -2.50. The molecular formula is C22H30N4O4. The number of hydrogen-bond donors (Lipinski definition) is 2. The lowest BCUT2D eigenvalue weighted by Gasteiger charge is -2.39. The molecular weight excluding hydrogens is 384 g/mol. The molecule has 1 aromatic heterocycles. The molecule has 1 saturated heterocycles. The van der Waals surface area contributed by atoms with E-state index in [0.29, 0.717) is 13.1 Å². The van der Waals surface area contributed by atoms with Gasteiger partial charge in [0.25, 0.3) is 0 Å². The molecule has 2 N–H and O–H groups in total. The molecule has 0 unspecified atom stereocenters. The van der Waals surface area contributed by atoms with Crippen molar-refractivity contribution in [2.75, 3.05) is 51.3 Å². The average molecular weight is 415 g/mol. The van der Waals surface area contributed by atoms with Gasteiger partial charge in [0.05, 0.1) is 19.4 Å². The minimum absolute atomic E-state index is 0.124. The van der Waals surface area contributed by atoms with E-state index >= 15 is 0 Å². The molecule has 0 spiro atoms. The van der Waals surface area contributed by atoms with Crippen LogP contribution in [-0.4, -0.2) is 63.1 Å². The molecule has 2 heterocycles. The minimum Gasteiger partial charge on any atom is -0.497 e. The Morgan fingerprint density at radius 2 is 1.77 bits per heavy atom. The van der Waals surface area contributed by atoms with Gasteiger partial charge in [-0.3, -0.25) is 14.5 Å².